The number of rotatable bonds is 5. The minimum absolute atomic E-state index is 0.0650. The number of ether oxygens (including phenoxy) is 2. The summed E-state index contributed by atoms with van der Waals surface area (Å²) in [5, 5.41) is 20.6. The molecule has 3 aromatic rings. The van der Waals surface area contributed by atoms with Gasteiger partial charge < -0.3 is 30.2 Å². The molecule has 0 spiro atoms. The van der Waals surface area contributed by atoms with E-state index in [2.05, 4.69) is 0 Å². The molecule has 0 aliphatic carbocycles. The predicted molar refractivity (Wildman–Crippen MR) is 121 cm³/mol. The van der Waals surface area contributed by atoms with Crippen LogP contribution in [0.3, 0.4) is 0 Å². The van der Waals surface area contributed by atoms with Crippen molar-refractivity contribution in [3.63, 3.8) is 0 Å². The first kappa shape index (κ1) is 22.1. The Hall–Kier alpha value is -4.08. The number of aromatic nitrogens is 1. The van der Waals surface area contributed by atoms with Gasteiger partial charge in [0.2, 0.25) is 5.88 Å². The highest BCUT2D eigenvalue weighted by molar-refractivity contribution is 5.92. The summed E-state index contributed by atoms with van der Waals surface area (Å²) >= 11 is 0. The van der Waals surface area contributed by atoms with Gasteiger partial charge >= 0.3 is 5.97 Å². The van der Waals surface area contributed by atoms with Gasteiger partial charge in [0.15, 0.2) is 0 Å². The molecule has 0 fully saturated rings. The molecule has 0 saturated carbocycles. The molecule has 0 unspecified atom stereocenters. The number of carbonyl (C=O) groups is 1. The molecule has 4 rings (SSSR count). The molecular formula is C24H22N3O6-. The van der Waals surface area contributed by atoms with E-state index in [0.717, 1.165) is 5.56 Å². The molecule has 2 heterocycles. The van der Waals surface area contributed by atoms with Crippen molar-refractivity contribution in [2.24, 2.45) is 5.73 Å². The third-order valence-electron chi connectivity index (χ3n) is 5.58. The molecule has 33 heavy (non-hydrogen) atoms. The summed E-state index contributed by atoms with van der Waals surface area (Å²) in [5.74, 6) is -1.74. The molecule has 0 amide bonds. The SMILES string of the molecule is COC(=O)C1=C(N)Oc2cc(C)n(Cc3ccccc3)c(=O)c2[C@H]1c1cccc(N([O-])O)c1. The van der Waals surface area contributed by atoms with Gasteiger partial charge in [0.1, 0.15) is 11.3 Å². The molecule has 9 heteroatoms. The lowest BCUT2D eigenvalue weighted by Gasteiger charge is -2.30. The summed E-state index contributed by atoms with van der Waals surface area (Å²) in [5.41, 5.74) is 7.71. The summed E-state index contributed by atoms with van der Waals surface area (Å²) in [4.78, 5) is 26.4. The van der Waals surface area contributed by atoms with Crippen molar-refractivity contribution in [3.8, 4) is 5.75 Å². The van der Waals surface area contributed by atoms with Crippen LogP contribution in [-0.4, -0.2) is 22.9 Å². The zero-order chi connectivity index (χ0) is 23.7. The molecule has 3 N–H and O–H groups in total. The lowest BCUT2D eigenvalue weighted by Crippen LogP contribution is -2.35. The van der Waals surface area contributed by atoms with E-state index in [1.54, 1.807) is 23.6 Å². The number of hydrogen-bond acceptors (Lipinski definition) is 8. The van der Waals surface area contributed by atoms with Crippen molar-refractivity contribution in [1.82, 2.24) is 4.57 Å². The molecule has 0 bridgehead atoms. The summed E-state index contributed by atoms with van der Waals surface area (Å²) in [7, 11) is 1.20. The van der Waals surface area contributed by atoms with Crippen LogP contribution in [0.2, 0.25) is 0 Å². The van der Waals surface area contributed by atoms with Crippen molar-refractivity contribution in [3.05, 3.63) is 110 Å². The van der Waals surface area contributed by atoms with E-state index >= 15 is 0 Å². The summed E-state index contributed by atoms with van der Waals surface area (Å²) in [6.45, 7) is 2.09. The first-order valence-electron chi connectivity index (χ1n) is 10.1. The maximum Gasteiger partial charge on any atom is 0.340 e. The molecule has 2 aromatic carbocycles. The fourth-order valence-corrected chi connectivity index (χ4v) is 4.01. The maximum atomic E-state index is 13.8. The minimum Gasteiger partial charge on any atom is -0.733 e. The Balaban J connectivity index is 1.96. The van der Waals surface area contributed by atoms with Gasteiger partial charge in [0, 0.05) is 11.8 Å². The first-order chi connectivity index (χ1) is 15.8. The van der Waals surface area contributed by atoms with E-state index in [9.17, 15) is 20.0 Å². The third kappa shape index (κ3) is 4.07. The van der Waals surface area contributed by atoms with Gasteiger partial charge in [-0.05, 0) is 30.2 Å². The van der Waals surface area contributed by atoms with E-state index in [1.807, 2.05) is 30.3 Å². The Morgan fingerprint density at radius 1 is 1.21 bits per heavy atom. The Kier molecular flexibility index (Phi) is 5.91. The number of methoxy groups -OCH3 is 1. The second-order valence-corrected chi connectivity index (χ2v) is 7.61. The van der Waals surface area contributed by atoms with Crippen molar-refractivity contribution >= 4 is 11.7 Å². The Bertz CT molecular complexity index is 1300. The van der Waals surface area contributed by atoms with Crippen molar-refractivity contribution in [1.29, 1.82) is 0 Å². The second-order valence-electron chi connectivity index (χ2n) is 7.61. The Labute approximate surface area is 189 Å². The topological polar surface area (TPSA) is 130 Å². The molecule has 9 nitrogen and oxygen atoms in total. The molecule has 1 aliphatic rings. The standard InChI is InChI=1S/C24H22N3O6/c1-14-11-18-20(23(28)26(14)13-15-7-4-3-5-8-15)19(21(22(25)33-18)24(29)32-2)16-9-6-10-17(12-16)27(30)31/h3-12,19,30H,13,25H2,1-2H3/q-1/t19-/m1/s1. The fourth-order valence-electron chi connectivity index (χ4n) is 4.01. The summed E-state index contributed by atoms with van der Waals surface area (Å²) in [6, 6.07) is 17.1. The zero-order valence-electron chi connectivity index (χ0n) is 18.0. The largest absolute Gasteiger partial charge is 0.733 e. The fraction of sp³-hybridized carbons (Fsp3) is 0.167. The van der Waals surface area contributed by atoms with Gasteiger partial charge in [-0.3, -0.25) is 10.0 Å². The van der Waals surface area contributed by atoms with Crippen LogP contribution in [0.1, 0.15) is 28.3 Å². The smallest absolute Gasteiger partial charge is 0.340 e. The first-order valence-corrected chi connectivity index (χ1v) is 10.1. The Morgan fingerprint density at radius 2 is 1.94 bits per heavy atom. The highest BCUT2D eigenvalue weighted by Crippen LogP contribution is 2.42. The number of aryl methyl sites for hydroxylation is 1. The average molecular weight is 448 g/mol. The number of pyridine rings is 1. The van der Waals surface area contributed by atoms with Crippen LogP contribution < -0.4 is 21.3 Å². The number of benzene rings is 2. The van der Waals surface area contributed by atoms with E-state index in [4.69, 9.17) is 15.2 Å². The van der Waals surface area contributed by atoms with Crippen LogP contribution in [0.4, 0.5) is 5.69 Å². The van der Waals surface area contributed by atoms with E-state index in [-0.39, 0.29) is 39.2 Å². The lowest BCUT2D eigenvalue weighted by molar-refractivity contribution is -0.136. The van der Waals surface area contributed by atoms with Gasteiger partial charge in [-0.15, -0.1) is 0 Å². The molecule has 0 radical (unpaired) electrons. The zero-order valence-corrected chi connectivity index (χ0v) is 18.0. The monoisotopic (exact) mass is 448 g/mol. The minimum atomic E-state index is -0.976. The van der Waals surface area contributed by atoms with Gasteiger partial charge in [-0.25, -0.2) is 4.79 Å². The van der Waals surface area contributed by atoms with Gasteiger partial charge in [-0.1, -0.05) is 42.5 Å². The van der Waals surface area contributed by atoms with E-state index in [1.165, 1.54) is 25.3 Å². The predicted octanol–water partition coefficient (Wildman–Crippen LogP) is 2.77. The number of nitrogens with zero attached hydrogens (tertiary/aromatic N) is 2. The van der Waals surface area contributed by atoms with Crippen LogP contribution in [0, 0.1) is 12.1 Å². The maximum absolute atomic E-state index is 13.8. The number of nitrogens with two attached hydrogens (primary N) is 1. The summed E-state index contributed by atoms with van der Waals surface area (Å²) in [6.07, 6.45) is 0. The third-order valence-corrected chi connectivity index (χ3v) is 5.58. The van der Waals surface area contributed by atoms with Crippen LogP contribution in [0.5, 0.6) is 5.75 Å². The highest BCUT2D eigenvalue weighted by Gasteiger charge is 2.38. The number of esters is 1. The summed E-state index contributed by atoms with van der Waals surface area (Å²) < 4.78 is 12.2. The molecule has 1 atom stereocenters. The molecule has 0 saturated heterocycles. The van der Waals surface area contributed by atoms with E-state index < -0.39 is 11.9 Å². The van der Waals surface area contributed by atoms with Crippen molar-refractivity contribution in [2.75, 3.05) is 12.3 Å². The highest BCUT2D eigenvalue weighted by atomic mass is 16.8. The van der Waals surface area contributed by atoms with Crippen molar-refractivity contribution < 1.29 is 19.5 Å². The van der Waals surface area contributed by atoms with Crippen molar-refractivity contribution in [2.45, 2.75) is 19.4 Å². The van der Waals surface area contributed by atoms with Gasteiger partial charge in [0.25, 0.3) is 5.56 Å². The molecule has 1 aliphatic heterocycles. The van der Waals surface area contributed by atoms with Crippen LogP contribution in [0.25, 0.3) is 0 Å². The number of anilines is 1. The molecule has 1 aromatic heterocycles. The van der Waals surface area contributed by atoms with Crippen LogP contribution in [-0.2, 0) is 16.1 Å². The van der Waals surface area contributed by atoms with Gasteiger partial charge in [0.05, 0.1) is 30.8 Å². The lowest BCUT2D eigenvalue weighted by atomic mass is 9.83. The normalized spacial score (nSPS) is 15.0. The van der Waals surface area contributed by atoms with E-state index in [0.29, 0.717) is 17.8 Å². The quantitative estimate of drug-likeness (QED) is 0.450. The number of carbonyl (C=O) groups excluding carboxylic acids is 1. The number of fused-ring (bicyclic) bond motifs is 1. The van der Waals surface area contributed by atoms with Crippen LogP contribution in [0.15, 0.2) is 76.9 Å². The Morgan fingerprint density at radius 3 is 2.61 bits per heavy atom. The molecule has 170 valence electrons. The average Bonchev–Trinajstić information content (AvgIpc) is 2.81. The molecular weight excluding hydrogens is 426 g/mol. The number of hydrogen-bond donors (Lipinski definition) is 2. The van der Waals surface area contributed by atoms with Crippen LogP contribution >= 0.6 is 0 Å². The second kappa shape index (κ2) is 8.81. The van der Waals surface area contributed by atoms with Gasteiger partial charge in [-0.2, -0.15) is 0 Å².